The second-order valence-corrected chi connectivity index (χ2v) is 7.61. The highest BCUT2D eigenvalue weighted by Gasteiger charge is 2.10. The second kappa shape index (κ2) is 7.82. The van der Waals surface area contributed by atoms with Crippen LogP contribution in [0.1, 0.15) is 18.1 Å². The van der Waals surface area contributed by atoms with Gasteiger partial charge in [-0.3, -0.25) is 10.2 Å². The fourth-order valence-corrected chi connectivity index (χ4v) is 3.60. The molecule has 28 heavy (non-hydrogen) atoms. The number of aromatic nitrogens is 4. The molecule has 0 amide bonds. The van der Waals surface area contributed by atoms with Crippen molar-refractivity contribution in [3.05, 3.63) is 72.1 Å². The first-order valence-electron chi connectivity index (χ1n) is 8.88. The molecular weight excluding hydrogens is 370 g/mol. The summed E-state index contributed by atoms with van der Waals surface area (Å²) in [6.45, 7) is 3.58. The van der Waals surface area contributed by atoms with E-state index in [-0.39, 0.29) is 5.78 Å². The van der Waals surface area contributed by atoms with Crippen LogP contribution in [0, 0.1) is 6.92 Å². The molecule has 6 nitrogen and oxygen atoms in total. The maximum atomic E-state index is 11.3. The molecular formula is C21H19N5OS. The topological polar surface area (TPSA) is 72.7 Å². The molecule has 0 spiro atoms. The molecule has 2 aromatic carbocycles. The Morgan fingerprint density at radius 1 is 1.11 bits per heavy atom. The molecule has 7 heteroatoms. The summed E-state index contributed by atoms with van der Waals surface area (Å²) in [5.74, 6) is 0.854. The van der Waals surface area contributed by atoms with Crippen LogP contribution in [0.4, 0.5) is 5.82 Å². The molecule has 0 saturated carbocycles. The highest BCUT2D eigenvalue weighted by Crippen LogP contribution is 2.29. The van der Waals surface area contributed by atoms with E-state index in [9.17, 15) is 4.79 Å². The Hall–Kier alpha value is -3.19. The van der Waals surface area contributed by atoms with Gasteiger partial charge in [-0.1, -0.05) is 24.3 Å². The minimum atomic E-state index is 0.155. The maximum absolute atomic E-state index is 11.3. The van der Waals surface area contributed by atoms with Gasteiger partial charge in [0.05, 0.1) is 17.9 Å². The first-order valence-corrected chi connectivity index (χ1v) is 9.70. The van der Waals surface area contributed by atoms with E-state index in [4.69, 9.17) is 4.98 Å². The molecule has 1 N–H and O–H groups in total. The summed E-state index contributed by atoms with van der Waals surface area (Å²) < 4.78 is 0. The molecule has 0 fully saturated rings. The largest absolute Gasteiger partial charge is 0.300 e. The van der Waals surface area contributed by atoms with E-state index in [2.05, 4.69) is 15.5 Å². The number of hydrogen-bond donors (Lipinski definition) is 1. The summed E-state index contributed by atoms with van der Waals surface area (Å²) in [5.41, 5.74) is 6.16. The number of hydrogen-bond acceptors (Lipinski definition) is 6. The van der Waals surface area contributed by atoms with Crippen LogP contribution in [0.3, 0.4) is 0 Å². The number of carbonyl (C=O) groups excluding carboxylic acids is 1. The Bertz CT molecular complexity index is 1140. The van der Waals surface area contributed by atoms with E-state index in [1.165, 1.54) is 11.8 Å². The van der Waals surface area contributed by atoms with E-state index in [0.717, 1.165) is 26.9 Å². The number of carbonyl (C=O) groups is 1. The van der Waals surface area contributed by atoms with Crippen LogP contribution < -0.4 is 5.43 Å². The molecule has 0 aliphatic heterocycles. The van der Waals surface area contributed by atoms with Crippen molar-refractivity contribution in [1.29, 1.82) is 0 Å². The van der Waals surface area contributed by atoms with Crippen LogP contribution >= 0.6 is 11.8 Å². The standard InChI is InChI=1S/C21H19N5OS/c1-14-12-22-26(13-14)25-20-18-5-3-4-6-19(18)23-21(24-20)28-17-9-7-16(8-10-17)11-15(2)27/h3-10,12-13H,11H2,1-2H3,(H,23,24,25). The van der Waals surface area contributed by atoms with Crippen molar-refractivity contribution in [3.8, 4) is 0 Å². The average molecular weight is 389 g/mol. The number of aryl methyl sites for hydroxylation is 1. The zero-order valence-corrected chi connectivity index (χ0v) is 16.4. The lowest BCUT2D eigenvalue weighted by molar-refractivity contribution is -0.116. The maximum Gasteiger partial charge on any atom is 0.195 e. The normalized spacial score (nSPS) is 10.9. The number of nitrogens with zero attached hydrogens (tertiary/aromatic N) is 4. The molecule has 0 bridgehead atoms. The summed E-state index contributed by atoms with van der Waals surface area (Å²) in [6.07, 6.45) is 4.14. The van der Waals surface area contributed by atoms with E-state index >= 15 is 0 Å². The van der Waals surface area contributed by atoms with Gasteiger partial charge < -0.3 is 0 Å². The molecule has 0 atom stereocenters. The first kappa shape index (κ1) is 18.2. The van der Waals surface area contributed by atoms with Crippen LogP contribution in [0.2, 0.25) is 0 Å². The minimum Gasteiger partial charge on any atom is -0.300 e. The van der Waals surface area contributed by atoms with Gasteiger partial charge >= 0.3 is 0 Å². The third-order valence-electron chi connectivity index (χ3n) is 4.10. The quantitative estimate of drug-likeness (QED) is 0.496. The van der Waals surface area contributed by atoms with Gasteiger partial charge in [0.2, 0.25) is 0 Å². The Labute approximate surface area is 167 Å². The van der Waals surface area contributed by atoms with E-state index < -0.39 is 0 Å². The lowest BCUT2D eigenvalue weighted by atomic mass is 10.1. The average Bonchev–Trinajstić information content (AvgIpc) is 3.08. The van der Waals surface area contributed by atoms with E-state index in [1.54, 1.807) is 17.9 Å². The lowest BCUT2D eigenvalue weighted by Gasteiger charge is -2.10. The van der Waals surface area contributed by atoms with Crippen LogP contribution in [0.5, 0.6) is 0 Å². The predicted molar refractivity (Wildman–Crippen MR) is 110 cm³/mol. The summed E-state index contributed by atoms with van der Waals surface area (Å²) >= 11 is 1.48. The SMILES string of the molecule is CC(=O)Cc1ccc(Sc2nc(Nn3cc(C)cn3)c3ccccc3n2)cc1. The number of para-hydroxylation sites is 1. The zero-order chi connectivity index (χ0) is 19.5. The highest BCUT2D eigenvalue weighted by molar-refractivity contribution is 7.99. The molecule has 0 saturated heterocycles. The van der Waals surface area contributed by atoms with Crippen molar-refractivity contribution >= 4 is 34.3 Å². The van der Waals surface area contributed by atoms with Gasteiger partial charge in [0.1, 0.15) is 5.78 Å². The first-order chi connectivity index (χ1) is 13.6. The smallest absolute Gasteiger partial charge is 0.195 e. The number of benzene rings is 2. The molecule has 0 aliphatic rings. The van der Waals surface area contributed by atoms with E-state index in [0.29, 0.717) is 17.4 Å². The van der Waals surface area contributed by atoms with E-state index in [1.807, 2.05) is 61.7 Å². The molecule has 0 radical (unpaired) electrons. The fourth-order valence-electron chi connectivity index (χ4n) is 2.84. The van der Waals surface area contributed by atoms with Gasteiger partial charge in [-0.2, -0.15) is 9.89 Å². The Morgan fingerprint density at radius 3 is 2.61 bits per heavy atom. The minimum absolute atomic E-state index is 0.155. The number of rotatable bonds is 6. The monoisotopic (exact) mass is 389 g/mol. The number of ketones is 1. The van der Waals surface area contributed by atoms with Crippen molar-refractivity contribution in [1.82, 2.24) is 19.9 Å². The van der Waals surface area contributed by atoms with Crippen LogP contribution in [0.15, 0.2) is 71.0 Å². The Balaban J connectivity index is 1.64. The summed E-state index contributed by atoms with van der Waals surface area (Å²) in [4.78, 5) is 23.3. The van der Waals surface area contributed by atoms with Crippen molar-refractivity contribution < 1.29 is 4.79 Å². The Kier molecular flexibility index (Phi) is 5.08. The summed E-state index contributed by atoms with van der Waals surface area (Å²) in [6, 6.07) is 15.8. The van der Waals surface area contributed by atoms with Crippen LogP contribution in [-0.2, 0) is 11.2 Å². The predicted octanol–water partition coefficient (Wildman–Crippen LogP) is 4.29. The van der Waals surface area contributed by atoms with Gasteiger partial charge in [0, 0.05) is 16.7 Å². The number of Topliss-reactive ketones (excluding diaryl/α,β-unsaturated/α-hetero) is 1. The third kappa shape index (κ3) is 4.20. The van der Waals surface area contributed by atoms with Crippen molar-refractivity contribution in [2.24, 2.45) is 0 Å². The lowest BCUT2D eigenvalue weighted by Crippen LogP contribution is -2.11. The van der Waals surface area contributed by atoms with Gasteiger partial charge in [0.25, 0.3) is 0 Å². The van der Waals surface area contributed by atoms with Crippen molar-refractivity contribution in [2.45, 2.75) is 30.3 Å². The fraction of sp³-hybridized carbons (Fsp3) is 0.143. The summed E-state index contributed by atoms with van der Waals surface area (Å²) in [5, 5.41) is 5.85. The number of fused-ring (bicyclic) bond motifs is 1. The Morgan fingerprint density at radius 2 is 1.89 bits per heavy atom. The molecule has 2 aromatic heterocycles. The number of nitrogens with one attached hydrogen (secondary N) is 1. The molecule has 0 aliphatic carbocycles. The highest BCUT2D eigenvalue weighted by atomic mass is 32.2. The van der Waals surface area contributed by atoms with Gasteiger partial charge in [-0.15, -0.1) is 0 Å². The molecule has 2 heterocycles. The molecule has 4 rings (SSSR count). The third-order valence-corrected chi connectivity index (χ3v) is 4.97. The second-order valence-electron chi connectivity index (χ2n) is 6.57. The zero-order valence-electron chi connectivity index (χ0n) is 15.6. The van der Waals surface area contributed by atoms with Crippen molar-refractivity contribution in [3.63, 3.8) is 0 Å². The van der Waals surface area contributed by atoms with Crippen LogP contribution in [-0.4, -0.2) is 25.6 Å². The van der Waals surface area contributed by atoms with Crippen LogP contribution in [0.25, 0.3) is 10.9 Å². The molecule has 4 aromatic rings. The van der Waals surface area contributed by atoms with Crippen molar-refractivity contribution in [2.75, 3.05) is 5.43 Å². The van der Waals surface area contributed by atoms with Gasteiger partial charge in [-0.05, 0) is 61.0 Å². The molecule has 0 unspecified atom stereocenters. The number of anilines is 1. The molecule has 140 valence electrons. The van der Waals surface area contributed by atoms with Gasteiger partial charge in [-0.25, -0.2) is 9.97 Å². The summed E-state index contributed by atoms with van der Waals surface area (Å²) in [7, 11) is 0. The van der Waals surface area contributed by atoms with Gasteiger partial charge in [0.15, 0.2) is 11.0 Å².